The van der Waals surface area contributed by atoms with E-state index in [1.165, 1.54) is 6.42 Å². The highest BCUT2D eigenvalue weighted by molar-refractivity contribution is 5.05. The summed E-state index contributed by atoms with van der Waals surface area (Å²) in [6.07, 6.45) is 3.21. The van der Waals surface area contributed by atoms with Crippen LogP contribution in [0.4, 0.5) is 0 Å². The number of aryl methyl sites for hydroxylation is 1. The molecule has 0 amide bonds. The van der Waals surface area contributed by atoms with Gasteiger partial charge in [-0.05, 0) is 26.4 Å². The summed E-state index contributed by atoms with van der Waals surface area (Å²) < 4.78 is 2.02. The Balaban J connectivity index is 1.82. The van der Waals surface area contributed by atoms with Crippen LogP contribution in [-0.2, 0) is 13.0 Å². The smallest absolute Gasteiger partial charge is 0.155 e. The van der Waals surface area contributed by atoms with Crippen LogP contribution in [0, 0.1) is 0 Å². The van der Waals surface area contributed by atoms with Crippen molar-refractivity contribution in [2.45, 2.75) is 37.8 Å². The molecular formula is C11H19N5. The lowest BCUT2D eigenvalue weighted by Crippen LogP contribution is -2.32. The van der Waals surface area contributed by atoms with Gasteiger partial charge in [0.05, 0.1) is 6.54 Å². The third kappa shape index (κ3) is 1.74. The molecule has 2 atom stereocenters. The number of aromatic nitrogens is 3. The fourth-order valence-corrected chi connectivity index (χ4v) is 2.67. The van der Waals surface area contributed by atoms with Crippen molar-refractivity contribution in [2.24, 2.45) is 5.73 Å². The van der Waals surface area contributed by atoms with Crippen LogP contribution in [0.3, 0.4) is 0 Å². The van der Waals surface area contributed by atoms with Gasteiger partial charge in [0, 0.05) is 24.9 Å². The zero-order valence-electron chi connectivity index (χ0n) is 9.76. The lowest BCUT2D eigenvalue weighted by Gasteiger charge is -2.17. The molecule has 0 saturated carbocycles. The van der Waals surface area contributed by atoms with Crippen molar-refractivity contribution < 1.29 is 0 Å². The van der Waals surface area contributed by atoms with Gasteiger partial charge in [-0.2, -0.15) is 5.10 Å². The van der Waals surface area contributed by atoms with Crippen molar-refractivity contribution in [3.05, 3.63) is 11.6 Å². The second-order valence-corrected chi connectivity index (χ2v) is 5.11. The van der Waals surface area contributed by atoms with E-state index in [1.54, 1.807) is 0 Å². The first-order valence-electron chi connectivity index (χ1n) is 6.10. The molecule has 5 heteroatoms. The van der Waals surface area contributed by atoms with E-state index in [9.17, 15) is 0 Å². The van der Waals surface area contributed by atoms with E-state index < -0.39 is 0 Å². The average Bonchev–Trinajstić information content (AvgIpc) is 2.83. The van der Waals surface area contributed by atoms with Crippen LogP contribution in [0.15, 0.2) is 0 Å². The molecule has 5 nitrogen and oxygen atoms in total. The van der Waals surface area contributed by atoms with E-state index in [2.05, 4.69) is 22.0 Å². The summed E-state index contributed by atoms with van der Waals surface area (Å²) in [4.78, 5) is 7.01. The van der Waals surface area contributed by atoms with Gasteiger partial charge >= 0.3 is 0 Å². The van der Waals surface area contributed by atoms with Gasteiger partial charge in [-0.15, -0.1) is 0 Å². The summed E-state index contributed by atoms with van der Waals surface area (Å²) in [6, 6.07) is 0.258. The molecule has 2 aliphatic rings. The number of likely N-dealkylation sites (N-methyl/N-ethyl adjacent to an activating group) is 1. The SMILES string of the molecule is CN1CCC(c2nc3n(n2)CC(N)CC3)C1. The Bertz CT molecular complexity index is 386. The van der Waals surface area contributed by atoms with Crippen LogP contribution in [0.5, 0.6) is 0 Å². The minimum Gasteiger partial charge on any atom is -0.326 e. The van der Waals surface area contributed by atoms with Crippen LogP contribution in [0.2, 0.25) is 0 Å². The summed E-state index contributed by atoms with van der Waals surface area (Å²) in [5.74, 6) is 2.69. The van der Waals surface area contributed by atoms with Crippen molar-refractivity contribution in [3.8, 4) is 0 Å². The lowest BCUT2D eigenvalue weighted by molar-refractivity contribution is 0.406. The highest BCUT2D eigenvalue weighted by Crippen LogP contribution is 2.24. The quantitative estimate of drug-likeness (QED) is 0.723. The number of hydrogen-bond acceptors (Lipinski definition) is 4. The van der Waals surface area contributed by atoms with Crippen molar-refractivity contribution in [1.82, 2.24) is 19.7 Å². The molecule has 16 heavy (non-hydrogen) atoms. The summed E-state index contributed by atoms with van der Waals surface area (Å²) >= 11 is 0. The zero-order chi connectivity index (χ0) is 11.1. The Kier molecular flexibility index (Phi) is 2.44. The summed E-state index contributed by atoms with van der Waals surface area (Å²) in [5, 5.41) is 4.62. The number of hydrogen-bond donors (Lipinski definition) is 1. The molecule has 0 spiro atoms. The Morgan fingerprint density at radius 1 is 1.31 bits per heavy atom. The summed E-state index contributed by atoms with van der Waals surface area (Å²) in [5.41, 5.74) is 5.94. The largest absolute Gasteiger partial charge is 0.326 e. The molecule has 2 unspecified atom stereocenters. The first kappa shape index (κ1) is 10.2. The van der Waals surface area contributed by atoms with Crippen LogP contribution >= 0.6 is 0 Å². The Hall–Kier alpha value is -0.940. The third-order valence-corrected chi connectivity index (χ3v) is 3.67. The van der Waals surface area contributed by atoms with Gasteiger partial charge in [0.2, 0.25) is 0 Å². The van der Waals surface area contributed by atoms with Crippen molar-refractivity contribution >= 4 is 0 Å². The van der Waals surface area contributed by atoms with Gasteiger partial charge in [-0.1, -0.05) is 0 Å². The molecule has 0 aliphatic carbocycles. The minimum atomic E-state index is 0.258. The number of fused-ring (bicyclic) bond motifs is 1. The van der Waals surface area contributed by atoms with Gasteiger partial charge in [-0.25, -0.2) is 9.67 Å². The summed E-state index contributed by atoms with van der Waals surface area (Å²) in [7, 11) is 2.16. The number of rotatable bonds is 1. The maximum absolute atomic E-state index is 5.94. The molecule has 1 fully saturated rings. The first-order chi connectivity index (χ1) is 7.72. The molecule has 1 aromatic heterocycles. The molecule has 2 aliphatic heterocycles. The van der Waals surface area contributed by atoms with Gasteiger partial charge in [-0.3, -0.25) is 0 Å². The minimum absolute atomic E-state index is 0.258. The van der Waals surface area contributed by atoms with E-state index in [1.807, 2.05) is 4.68 Å². The predicted molar refractivity (Wildman–Crippen MR) is 61.2 cm³/mol. The van der Waals surface area contributed by atoms with Crippen molar-refractivity contribution in [1.29, 1.82) is 0 Å². The molecule has 3 rings (SSSR count). The maximum Gasteiger partial charge on any atom is 0.155 e. The van der Waals surface area contributed by atoms with Gasteiger partial charge < -0.3 is 10.6 Å². The molecule has 1 aromatic rings. The molecule has 1 saturated heterocycles. The highest BCUT2D eigenvalue weighted by atomic mass is 15.4. The number of likely N-dealkylation sites (tertiary alicyclic amines) is 1. The van der Waals surface area contributed by atoms with Crippen LogP contribution in [-0.4, -0.2) is 45.8 Å². The highest BCUT2D eigenvalue weighted by Gasteiger charge is 2.27. The topological polar surface area (TPSA) is 60.0 Å². The molecule has 0 radical (unpaired) electrons. The van der Waals surface area contributed by atoms with E-state index in [-0.39, 0.29) is 6.04 Å². The molecule has 0 aromatic carbocycles. The molecule has 0 bridgehead atoms. The van der Waals surface area contributed by atoms with Crippen molar-refractivity contribution in [2.75, 3.05) is 20.1 Å². The van der Waals surface area contributed by atoms with E-state index in [0.717, 1.165) is 44.1 Å². The monoisotopic (exact) mass is 221 g/mol. The standard InChI is InChI=1S/C11H19N5/c1-15-5-4-8(6-15)11-13-10-3-2-9(12)7-16(10)14-11/h8-9H,2-7,12H2,1H3. The predicted octanol–water partition coefficient (Wildman–Crippen LogP) is -0.0293. The Morgan fingerprint density at radius 3 is 2.94 bits per heavy atom. The fraction of sp³-hybridized carbons (Fsp3) is 0.818. The Labute approximate surface area is 95.6 Å². The molecule has 3 heterocycles. The molecule has 2 N–H and O–H groups in total. The molecule has 88 valence electrons. The van der Waals surface area contributed by atoms with Crippen LogP contribution in [0.25, 0.3) is 0 Å². The maximum atomic E-state index is 5.94. The van der Waals surface area contributed by atoms with E-state index in [4.69, 9.17) is 5.73 Å². The average molecular weight is 221 g/mol. The van der Waals surface area contributed by atoms with Crippen LogP contribution < -0.4 is 5.73 Å². The van der Waals surface area contributed by atoms with Gasteiger partial charge in [0.25, 0.3) is 0 Å². The van der Waals surface area contributed by atoms with Crippen LogP contribution in [0.1, 0.15) is 30.4 Å². The van der Waals surface area contributed by atoms with Crippen molar-refractivity contribution in [3.63, 3.8) is 0 Å². The van der Waals surface area contributed by atoms with Gasteiger partial charge in [0.15, 0.2) is 5.82 Å². The second kappa shape index (κ2) is 3.82. The third-order valence-electron chi connectivity index (χ3n) is 3.67. The Morgan fingerprint density at radius 2 is 2.19 bits per heavy atom. The fourth-order valence-electron chi connectivity index (χ4n) is 2.67. The van der Waals surface area contributed by atoms with E-state index in [0.29, 0.717) is 5.92 Å². The number of nitrogens with zero attached hydrogens (tertiary/aromatic N) is 4. The zero-order valence-corrected chi connectivity index (χ0v) is 9.76. The second-order valence-electron chi connectivity index (χ2n) is 5.11. The normalized spacial score (nSPS) is 30.6. The summed E-state index contributed by atoms with van der Waals surface area (Å²) in [6.45, 7) is 3.09. The van der Waals surface area contributed by atoms with Gasteiger partial charge in [0.1, 0.15) is 5.82 Å². The lowest BCUT2D eigenvalue weighted by atomic mass is 10.1. The van der Waals surface area contributed by atoms with E-state index >= 15 is 0 Å². The molecular weight excluding hydrogens is 202 g/mol. The number of nitrogens with two attached hydrogens (primary N) is 1. The first-order valence-corrected chi connectivity index (χ1v) is 6.10.